The Morgan fingerprint density at radius 2 is 2.05 bits per heavy atom. The fourth-order valence-corrected chi connectivity index (χ4v) is 3.00. The molecule has 1 N–H and O–H groups in total. The third kappa shape index (κ3) is 2.19. The molecule has 1 atom stereocenters. The van der Waals surface area contributed by atoms with Crippen molar-refractivity contribution < 1.29 is 5.11 Å². The van der Waals surface area contributed by atoms with Crippen molar-refractivity contribution in [3.05, 3.63) is 36.0 Å². The first-order chi connectivity index (χ1) is 9.31. The molecule has 0 aliphatic carbocycles. The number of pyridine rings is 1. The molecule has 1 aromatic carbocycles. The Labute approximate surface area is 113 Å². The number of aliphatic hydroxyl groups is 1. The first kappa shape index (κ1) is 12.4. The molecule has 2 heterocycles. The molecule has 0 bridgehead atoms. The van der Waals surface area contributed by atoms with E-state index in [0.717, 1.165) is 28.7 Å². The lowest BCUT2D eigenvalue weighted by atomic mass is 10.0. The van der Waals surface area contributed by atoms with Gasteiger partial charge in [0.05, 0.1) is 6.61 Å². The summed E-state index contributed by atoms with van der Waals surface area (Å²) in [6.07, 6.45) is 5.60. The number of hydrogen-bond acceptors (Lipinski definition) is 3. The minimum absolute atomic E-state index is 0.0450. The van der Waals surface area contributed by atoms with Crippen LogP contribution in [0.2, 0.25) is 0 Å². The predicted molar refractivity (Wildman–Crippen MR) is 78.3 cm³/mol. The van der Waals surface area contributed by atoms with E-state index in [0.29, 0.717) is 6.04 Å². The molecule has 1 fully saturated rings. The van der Waals surface area contributed by atoms with Gasteiger partial charge in [-0.2, -0.15) is 0 Å². The van der Waals surface area contributed by atoms with Crippen LogP contribution in [0.4, 0.5) is 5.82 Å². The fraction of sp³-hybridized carbons (Fsp3) is 0.438. The van der Waals surface area contributed by atoms with Crippen LogP contribution in [0.25, 0.3) is 10.8 Å². The van der Waals surface area contributed by atoms with Gasteiger partial charge in [-0.25, -0.2) is 4.98 Å². The molecule has 3 heteroatoms. The lowest BCUT2D eigenvalue weighted by Gasteiger charge is -2.35. The number of hydrogen-bond donors (Lipinski definition) is 1. The predicted octanol–water partition coefficient (Wildman–Crippen LogP) is 3.11. The fourth-order valence-electron chi connectivity index (χ4n) is 3.00. The summed E-state index contributed by atoms with van der Waals surface area (Å²) in [5, 5.41) is 11.7. The van der Waals surface area contributed by atoms with Crippen molar-refractivity contribution in [3.8, 4) is 0 Å². The third-order valence-electron chi connectivity index (χ3n) is 4.10. The van der Waals surface area contributed by atoms with Gasteiger partial charge >= 0.3 is 0 Å². The second-order valence-corrected chi connectivity index (χ2v) is 5.35. The molecule has 0 radical (unpaired) electrons. The smallest absolute Gasteiger partial charge is 0.136 e. The normalized spacial score (nSPS) is 19.9. The highest BCUT2D eigenvalue weighted by molar-refractivity contribution is 5.94. The minimum Gasteiger partial charge on any atom is -0.392 e. The van der Waals surface area contributed by atoms with Gasteiger partial charge in [-0.3, -0.25) is 0 Å². The molecule has 3 nitrogen and oxygen atoms in total. The van der Waals surface area contributed by atoms with Gasteiger partial charge in [-0.05, 0) is 31.6 Å². The van der Waals surface area contributed by atoms with E-state index in [-0.39, 0.29) is 6.61 Å². The van der Waals surface area contributed by atoms with Crippen LogP contribution in [0.15, 0.2) is 30.5 Å². The summed E-state index contributed by atoms with van der Waals surface area (Å²) in [6, 6.07) is 8.79. The van der Waals surface area contributed by atoms with Crippen LogP contribution >= 0.6 is 0 Å². The summed E-state index contributed by atoms with van der Waals surface area (Å²) < 4.78 is 0. The van der Waals surface area contributed by atoms with Crippen molar-refractivity contribution in [2.45, 2.75) is 38.8 Å². The SMILES string of the molecule is CC1CCCCN1c1ncc(CO)c2ccccc12. The molecular formula is C16H20N2O. The quantitative estimate of drug-likeness (QED) is 0.897. The van der Waals surface area contributed by atoms with Gasteiger partial charge < -0.3 is 10.0 Å². The lowest BCUT2D eigenvalue weighted by molar-refractivity contribution is 0.283. The minimum atomic E-state index is 0.0450. The summed E-state index contributed by atoms with van der Waals surface area (Å²) in [5.74, 6) is 1.07. The highest BCUT2D eigenvalue weighted by Gasteiger charge is 2.21. The van der Waals surface area contributed by atoms with Crippen LogP contribution in [-0.4, -0.2) is 22.7 Å². The van der Waals surface area contributed by atoms with E-state index in [1.165, 1.54) is 19.3 Å². The van der Waals surface area contributed by atoms with Gasteiger partial charge in [0.15, 0.2) is 0 Å². The van der Waals surface area contributed by atoms with Crippen molar-refractivity contribution in [3.63, 3.8) is 0 Å². The Kier molecular flexibility index (Phi) is 3.38. The Balaban J connectivity index is 2.13. The number of aliphatic hydroxyl groups excluding tert-OH is 1. The van der Waals surface area contributed by atoms with E-state index in [2.05, 4.69) is 28.9 Å². The summed E-state index contributed by atoms with van der Waals surface area (Å²) >= 11 is 0. The summed E-state index contributed by atoms with van der Waals surface area (Å²) in [6.45, 7) is 3.40. The van der Waals surface area contributed by atoms with Crippen molar-refractivity contribution in [2.24, 2.45) is 0 Å². The Morgan fingerprint density at radius 1 is 1.26 bits per heavy atom. The zero-order valence-corrected chi connectivity index (χ0v) is 11.3. The number of benzene rings is 1. The maximum absolute atomic E-state index is 9.44. The number of piperidine rings is 1. The molecule has 0 saturated carbocycles. The number of fused-ring (bicyclic) bond motifs is 1. The molecule has 1 unspecified atom stereocenters. The van der Waals surface area contributed by atoms with Crippen LogP contribution in [-0.2, 0) is 6.61 Å². The van der Waals surface area contributed by atoms with Gasteiger partial charge in [0.2, 0.25) is 0 Å². The highest BCUT2D eigenvalue weighted by Crippen LogP contribution is 2.31. The molecule has 19 heavy (non-hydrogen) atoms. The van der Waals surface area contributed by atoms with Gasteiger partial charge in [0.1, 0.15) is 5.82 Å². The van der Waals surface area contributed by atoms with Crippen LogP contribution < -0.4 is 4.90 Å². The maximum Gasteiger partial charge on any atom is 0.136 e. The van der Waals surface area contributed by atoms with E-state index in [9.17, 15) is 5.11 Å². The monoisotopic (exact) mass is 256 g/mol. The second-order valence-electron chi connectivity index (χ2n) is 5.35. The molecular weight excluding hydrogens is 236 g/mol. The molecule has 100 valence electrons. The number of aromatic nitrogens is 1. The van der Waals surface area contributed by atoms with Crippen LogP contribution in [0.3, 0.4) is 0 Å². The maximum atomic E-state index is 9.44. The number of anilines is 1. The Bertz CT molecular complexity index is 582. The van der Waals surface area contributed by atoms with Gasteiger partial charge in [0, 0.05) is 29.7 Å². The lowest BCUT2D eigenvalue weighted by Crippen LogP contribution is -2.38. The van der Waals surface area contributed by atoms with Gasteiger partial charge in [-0.15, -0.1) is 0 Å². The van der Waals surface area contributed by atoms with E-state index in [1.807, 2.05) is 18.3 Å². The van der Waals surface area contributed by atoms with Crippen molar-refractivity contribution in [2.75, 3.05) is 11.4 Å². The average molecular weight is 256 g/mol. The molecule has 1 aromatic heterocycles. The molecule has 1 aliphatic heterocycles. The second kappa shape index (κ2) is 5.17. The van der Waals surface area contributed by atoms with E-state index >= 15 is 0 Å². The number of nitrogens with zero attached hydrogens (tertiary/aromatic N) is 2. The molecule has 0 amide bonds. The first-order valence-corrected chi connectivity index (χ1v) is 7.05. The summed E-state index contributed by atoms with van der Waals surface area (Å²) in [7, 11) is 0. The Morgan fingerprint density at radius 3 is 2.79 bits per heavy atom. The van der Waals surface area contributed by atoms with Crippen molar-refractivity contribution in [1.82, 2.24) is 4.98 Å². The van der Waals surface area contributed by atoms with E-state index in [1.54, 1.807) is 0 Å². The van der Waals surface area contributed by atoms with Crippen LogP contribution in [0.5, 0.6) is 0 Å². The standard InChI is InChI=1S/C16H20N2O/c1-12-6-4-5-9-18(12)16-15-8-3-2-7-14(15)13(11-19)10-17-16/h2-3,7-8,10,12,19H,4-6,9,11H2,1H3. The van der Waals surface area contributed by atoms with Crippen molar-refractivity contribution in [1.29, 1.82) is 0 Å². The average Bonchev–Trinajstić information content (AvgIpc) is 2.47. The topological polar surface area (TPSA) is 36.4 Å². The largest absolute Gasteiger partial charge is 0.392 e. The molecule has 1 saturated heterocycles. The zero-order valence-electron chi connectivity index (χ0n) is 11.3. The van der Waals surface area contributed by atoms with Crippen LogP contribution in [0, 0.1) is 0 Å². The summed E-state index contributed by atoms with van der Waals surface area (Å²) in [4.78, 5) is 7.03. The third-order valence-corrected chi connectivity index (χ3v) is 4.10. The Hall–Kier alpha value is -1.61. The zero-order chi connectivity index (χ0) is 13.2. The van der Waals surface area contributed by atoms with Gasteiger partial charge in [0.25, 0.3) is 0 Å². The molecule has 1 aliphatic rings. The summed E-state index contributed by atoms with van der Waals surface area (Å²) in [5.41, 5.74) is 0.906. The number of rotatable bonds is 2. The van der Waals surface area contributed by atoms with E-state index in [4.69, 9.17) is 0 Å². The first-order valence-electron chi connectivity index (χ1n) is 7.05. The molecule has 2 aromatic rings. The van der Waals surface area contributed by atoms with Gasteiger partial charge in [-0.1, -0.05) is 24.3 Å². The molecule has 0 spiro atoms. The van der Waals surface area contributed by atoms with Crippen LogP contribution in [0.1, 0.15) is 31.7 Å². The molecule has 3 rings (SSSR count). The van der Waals surface area contributed by atoms with Crippen molar-refractivity contribution >= 4 is 16.6 Å². The highest BCUT2D eigenvalue weighted by atomic mass is 16.3. The van der Waals surface area contributed by atoms with E-state index < -0.39 is 0 Å².